The Morgan fingerprint density at radius 1 is 0.667 bits per heavy atom. The molecule has 0 saturated heterocycles. The van der Waals surface area contributed by atoms with Crippen LogP contribution in [0.1, 0.15) is 6.42 Å². The third-order valence-corrected chi connectivity index (χ3v) is 7.02. The number of hydrogen-bond donors (Lipinski definition) is 0. The third kappa shape index (κ3) is 3.33. The average molecular weight is 395 g/mol. The van der Waals surface area contributed by atoms with Gasteiger partial charge in [-0.05, 0) is 6.42 Å². The van der Waals surface area contributed by atoms with Gasteiger partial charge in [-0.2, -0.15) is 0 Å². The standard InChI is InChI=1S/C6H4Cl9/c1-2-3(7,8)4(9,10)5(11,12)6(13,14)15/h1-2H2. The van der Waals surface area contributed by atoms with Crippen LogP contribution < -0.4 is 0 Å². The Bertz CT molecular complexity index is 225. The lowest BCUT2D eigenvalue weighted by atomic mass is 10.1. The fourth-order valence-electron chi connectivity index (χ4n) is 0.565. The van der Waals surface area contributed by atoms with E-state index < -0.39 is 16.8 Å². The van der Waals surface area contributed by atoms with Gasteiger partial charge in [-0.1, -0.05) is 111 Å². The molecule has 0 aromatic carbocycles. The molecule has 0 atom stereocenters. The van der Waals surface area contributed by atoms with E-state index in [2.05, 4.69) is 6.92 Å². The van der Waals surface area contributed by atoms with Crippen molar-refractivity contribution in [2.45, 2.75) is 23.2 Å². The fourth-order valence-corrected chi connectivity index (χ4v) is 2.55. The van der Waals surface area contributed by atoms with Crippen LogP contribution in [0.4, 0.5) is 0 Å². The summed E-state index contributed by atoms with van der Waals surface area (Å²) in [6.45, 7) is 3.44. The van der Waals surface area contributed by atoms with Crippen molar-refractivity contribution in [1.29, 1.82) is 0 Å². The molecule has 0 aliphatic rings. The molecule has 0 unspecified atom stereocenters. The summed E-state index contributed by atoms with van der Waals surface area (Å²) in [6, 6.07) is 0. The van der Waals surface area contributed by atoms with Crippen LogP contribution in [0, 0.1) is 6.92 Å². The van der Waals surface area contributed by atoms with E-state index in [4.69, 9.17) is 104 Å². The number of rotatable bonds is 3. The molecule has 0 aromatic heterocycles. The van der Waals surface area contributed by atoms with Gasteiger partial charge in [0.25, 0.3) is 0 Å². The molecule has 0 aliphatic carbocycles. The van der Waals surface area contributed by atoms with E-state index in [1.165, 1.54) is 0 Å². The summed E-state index contributed by atoms with van der Waals surface area (Å²) in [7, 11) is 0. The van der Waals surface area contributed by atoms with Crippen molar-refractivity contribution in [3.63, 3.8) is 0 Å². The maximum absolute atomic E-state index is 5.85. The molecule has 0 aromatic rings. The van der Waals surface area contributed by atoms with Gasteiger partial charge in [-0.15, -0.1) is 0 Å². The van der Waals surface area contributed by atoms with Gasteiger partial charge in [0.1, 0.15) is 0 Å². The van der Waals surface area contributed by atoms with Crippen LogP contribution in [0.3, 0.4) is 0 Å². The highest BCUT2D eigenvalue weighted by molar-refractivity contribution is 6.80. The van der Waals surface area contributed by atoms with Crippen molar-refractivity contribution in [3.05, 3.63) is 6.92 Å². The van der Waals surface area contributed by atoms with Gasteiger partial charge in [0.15, 0.2) is 13.0 Å². The summed E-state index contributed by atoms with van der Waals surface area (Å²) in [4.78, 5) is 0. The van der Waals surface area contributed by atoms with E-state index in [-0.39, 0.29) is 6.42 Å². The van der Waals surface area contributed by atoms with Gasteiger partial charge in [0, 0.05) is 0 Å². The molecule has 9 heteroatoms. The molecule has 0 spiro atoms. The monoisotopic (exact) mass is 391 g/mol. The van der Waals surface area contributed by atoms with Gasteiger partial charge < -0.3 is 0 Å². The lowest BCUT2D eigenvalue weighted by molar-refractivity contribution is 0.583. The summed E-state index contributed by atoms with van der Waals surface area (Å²) in [5.41, 5.74) is 0. The highest BCUT2D eigenvalue weighted by Gasteiger charge is 2.67. The molecule has 0 rings (SSSR count). The second kappa shape index (κ2) is 5.31. The molecule has 0 saturated carbocycles. The molecule has 0 bridgehead atoms. The average Bonchev–Trinajstić information content (AvgIpc) is 2.01. The fraction of sp³-hybridized carbons (Fsp3) is 0.833. The normalized spacial score (nSPS) is 15.6. The van der Waals surface area contributed by atoms with E-state index in [1.54, 1.807) is 0 Å². The maximum Gasteiger partial charge on any atom is 0.226 e. The molecule has 0 heterocycles. The van der Waals surface area contributed by atoms with Crippen LogP contribution in [-0.4, -0.2) is 16.8 Å². The van der Waals surface area contributed by atoms with Crippen LogP contribution in [0.2, 0.25) is 0 Å². The molecule has 0 nitrogen and oxygen atoms in total. The highest BCUT2D eigenvalue weighted by atomic mass is 35.6. The molecule has 1 radical (unpaired) electrons. The quantitative estimate of drug-likeness (QED) is 0.507. The minimum Gasteiger partial charge on any atom is -0.0982 e. The Kier molecular flexibility index (Phi) is 6.23. The van der Waals surface area contributed by atoms with Crippen LogP contribution in [-0.2, 0) is 0 Å². The number of halogens is 9. The molecule has 15 heavy (non-hydrogen) atoms. The number of alkyl halides is 9. The summed E-state index contributed by atoms with van der Waals surface area (Å²) in [6.07, 6.45) is -0.0922. The second-order valence-corrected chi connectivity index (χ2v) is 9.02. The number of hydrogen-bond acceptors (Lipinski definition) is 0. The molecule has 0 N–H and O–H groups in total. The van der Waals surface area contributed by atoms with Crippen LogP contribution in [0.15, 0.2) is 0 Å². The van der Waals surface area contributed by atoms with E-state index in [0.29, 0.717) is 0 Å². The maximum atomic E-state index is 5.85. The zero-order chi connectivity index (χ0) is 12.7. The first-order valence-corrected chi connectivity index (χ1v) is 6.71. The van der Waals surface area contributed by atoms with E-state index in [1.807, 2.05) is 0 Å². The molecule has 0 amide bonds. The first-order valence-electron chi connectivity index (χ1n) is 3.30. The third-order valence-electron chi connectivity index (χ3n) is 1.52. The lowest BCUT2D eigenvalue weighted by Crippen LogP contribution is -2.55. The largest absolute Gasteiger partial charge is 0.226 e. The van der Waals surface area contributed by atoms with Crippen molar-refractivity contribution in [3.8, 4) is 0 Å². The van der Waals surface area contributed by atoms with Crippen molar-refractivity contribution in [1.82, 2.24) is 0 Å². The highest BCUT2D eigenvalue weighted by Crippen LogP contribution is 2.62. The Balaban J connectivity index is 5.38. The first-order chi connectivity index (χ1) is 6.31. The zero-order valence-corrected chi connectivity index (χ0v) is 13.6. The summed E-state index contributed by atoms with van der Waals surface area (Å²) in [5.74, 6) is 0. The molecule has 0 aliphatic heterocycles. The van der Waals surface area contributed by atoms with Crippen molar-refractivity contribution in [2.24, 2.45) is 0 Å². The molecular weight excluding hydrogens is 391 g/mol. The summed E-state index contributed by atoms with van der Waals surface area (Å²) >= 11 is 51.4. The van der Waals surface area contributed by atoms with Crippen LogP contribution in [0.25, 0.3) is 0 Å². The molecule has 0 fully saturated rings. The Morgan fingerprint density at radius 2 is 1.00 bits per heavy atom. The van der Waals surface area contributed by atoms with Crippen molar-refractivity contribution < 1.29 is 0 Å². The minimum absolute atomic E-state index is 0.0922. The van der Waals surface area contributed by atoms with Gasteiger partial charge >= 0.3 is 0 Å². The predicted octanol–water partition coefficient (Wildman–Crippen LogP) is 6.10. The van der Waals surface area contributed by atoms with Crippen LogP contribution >= 0.6 is 104 Å². The minimum atomic E-state index is -2.21. The topological polar surface area (TPSA) is 0 Å². The van der Waals surface area contributed by atoms with Gasteiger partial charge in [0.2, 0.25) is 3.79 Å². The Hall–Kier alpha value is 2.61. The zero-order valence-electron chi connectivity index (χ0n) is 6.82. The SMILES string of the molecule is [CH2]CC(Cl)(Cl)C(Cl)(Cl)C(Cl)(Cl)C(Cl)(Cl)Cl. The predicted molar refractivity (Wildman–Crippen MR) is 73.6 cm³/mol. The molecular formula is C6H4Cl9. The van der Waals surface area contributed by atoms with Gasteiger partial charge in [-0.3, -0.25) is 0 Å². The Labute approximate surface area is 133 Å². The van der Waals surface area contributed by atoms with Crippen LogP contribution in [0.5, 0.6) is 0 Å². The van der Waals surface area contributed by atoms with Gasteiger partial charge in [-0.25, -0.2) is 0 Å². The van der Waals surface area contributed by atoms with Gasteiger partial charge in [0.05, 0.1) is 0 Å². The first kappa shape index (κ1) is 17.6. The lowest BCUT2D eigenvalue weighted by Gasteiger charge is -2.43. The van der Waals surface area contributed by atoms with E-state index >= 15 is 0 Å². The summed E-state index contributed by atoms with van der Waals surface area (Å²) < 4.78 is -8.29. The van der Waals surface area contributed by atoms with Crippen molar-refractivity contribution in [2.75, 3.05) is 0 Å². The second-order valence-electron chi connectivity index (χ2n) is 2.60. The van der Waals surface area contributed by atoms with Crippen molar-refractivity contribution >= 4 is 104 Å². The molecule has 91 valence electrons. The Morgan fingerprint density at radius 3 is 1.20 bits per heavy atom. The van der Waals surface area contributed by atoms with E-state index in [0.717, 1.165) is 0 Å². The summed E-state index contributed by atoms with van der Waals surface area (Å²) in [5, 5.41) is 0. The van der Waals surface area contributed by atoms with E-state index in [9.17, 15) is 0 Å². The smallest absolute Gasteiger partial charge is 0.0982 e.